The molecule has 29 heavy (non-hydrogen) atoms. The normalized spacial score (nSPS) is 23.3. The van der Waals surface area contributed by atoms with Gasteiger partial charge in [-0.3, -0.25) is 0 Å². The molecule has 4 nitrogen and oxygen atoms in total. The highest BCUT2D eigenvalue weighted by molar-refractivity contribution is 5.88. The molecule has 2 aromatic carbocycles. The van der Waals surface area contributed by atoms with Crippen LogP contribution in [0, 0.1) is 5.92 Å². The van der Waals surface area contributed by atoms with Crippen LogP contribution in [0.25, 0.3) is 10.8 Å². The summed E-state index contributed by atoms with van der Waals surface area (Å²) >= 11 is 0. The fourth-order valence-corrected chi connectivity index (χ4v) is 4.38. The second-order valence-corrected chi connectivity index (χ2v) is 7.93. The Balaban J connectivity index is 0.000000298. The van der Waals surface area contributed by atoms with Gasteiger partial charge in [0.1, 0.15) is 11.7 Å². The first kappa shape index (κ1) is 21.4. The smallest absolute Gasteiger partial charge is 0.430 e. The maximum Gasteiger partial charge on any atom is 0.430 e. The summed E-state index contributed by atoms with van der Waals surface area (Å²) in [6.07, 6.45) is 0.367. The average molecular weight is 409 g/mol. The minimum atomic E-state index is -5.19. The maximum atomic E-state index is 10.5. The molecule has 0 aliphatic carbocycles. The van der Waals surface area contributed by atoms with Crippen LogP contribution in [0.5, 0.6) is 5.75 Å². The topological polar surface area (TPSA) is 49.4 Å². The Morgan fingerprint density at radius 2 is 1.62 bits per heavy atom. The molecule has 0 saturated carbocycles. The maximum absolute atomic E-state index is 10.5. The molecule has 0 spiro atoms. The van der Waals surface area contributed by atoms with Crippen LogP contribution in [-0.4, -0.2) is 49.4 Å². The standard InChI is InChI=1S/C20H26NO.C2HF3O2/c1-2-7-19-18(5-1)6-3-8-20(19)22-16-4-12-21-13-9-17(10-14-21)11-15-21;3-2(4,5)1(6)7/h1-3,5-8,17H,4,9-16H2;(H,6,7)/q+1;/p-1. The molecule has 0 radical (unpaired) electrons. The van der Waals surface area contributed by atoms with Crippen molar-refractivity contribution in [3.63, 3.8) is 0 Å². The molecule has 0 N–H and O–H groups in total. The lowest BCUT2D eigenvalue weighted by atomic mass is 9.85. The van der Waals surface area contributed by atoms with Gasteiger partial charge in [-0.2, -0.15) is 13.2 Å². The SMILES string of the molecule is O=C([O-])C(F)(F)F.c1ccc2c(OCCC[N+]34CCC(CC3)CC4)cccc2c1. The van der Waals surface area contributed by atoms with Crippen molar-refractivity contribution < 1.29 is 32.3 Å². The van der Waals surface area contributed by atoms with Crippen molar-refractivity contribution in [2.24, 2.45) is 5.92 Å². The highest BCUT2D eigenvalue weighted by Crippen LogP contribution is 2.33. The molecule has 7 heteroatoms. The summed E-state index contributed by atoms with van der Waals surface area (Å²) in [7, 11) is 0. The summed E-state index contributed by atoms with van der Waals surface area (Å²) in [5.41, 5.74) is 0. The van der Waals surface area contributed by atoms with E-state index in [1.807, 2.05) is 0 Å². The predicted octanol–water partition coefficient (Wildman–Crippen LogP) is 3.54. The van der Waals surface area contributed by atoms with Gasteiger partial charge in [-0.25, -0.2) is 0 Å². The van der Waals surface area contributed by atoms with E-state index in [0.717, 1.165) is 18.3 Å². The van der Waals surface area contributed by atoms with Crippen LogP contribution in [0.2, 0.25) is 0 Å². The zero-order valence-corrected chi connectivity index (χ0v) is 16.3. The van der Waals surface area contributed by atoms with E-state index in [1.165, 1.54) is 67.1 Å². The minimum Gasteiger partial charge on any atom is -0.542 e. The van der Waals surface area contributed by atoms with Crippen molar-refractivity contribution in [1.29, 1.82) is 0 Å². The molecule has 2 bridgehead atoms. The van der Waals surface area contributed by atoms with Gasteiger partial charge in [0.15, 0.2) is 0 Å². The Morgan fingerprint density at radius 1 is 1.03 bits per heavy atom. The second kappa shape index (κ2) is 9.03. The number of hydrogen-bond donors (Lipinski definition) is 0. The third kappa shape index (κ3) is 5.63. The Morgan fingerprint density at radius 3 is 2.24 bits per heavy atom. The number of carbonyl (C=O) groups is 1. The lowest BCUT2D eigenvalue weighted by molar-refractivity contribution is -0.942. The monoisotopic (exact) mass is 409 g/mol. The van der Waals surface area contributed by atoms with E-state index < -0.39 is 12.1 Å². The van der Waals surface area contributed by atoms with Crippen LogP contribution in [0.15, 0.2) is 42.5 Å². The van der Waals surface area contributed by atoms with E-state index in [9.17, 15) is 13.2 Å². The van der Waals surface area contributed by atoms with Gasteiger partial charge in [0, 0.05) is 11.8 Å². The van der Waals surface area contributed by atoms with Gasteiger partial charge in [0.2, 0.25) is 0 Å². The van der Waals surface area contributed by atoms with E-state index >= 15 is 0 Å². The number of carboxylic acid groups (broad SMARTS) is 1. The van der Waals surface area contributed by atoms with Crippen LogP contribution in [0.3, 0.4) is 0 Å². The number of fused-ring (bicyclic) bond motifs is 4. The number of carboxylic acids is 1. The molecule has 2 aromatic rings. The number of hydrogen-bond acceptors (Lipinski definition) is 3. The first-order valence-corrected chi connectivity index (χ1v) is 10.0. The number of piperidine rings is 3. The van der Waals surface area contributed by atoms with E-state index in [-0.39, 0.29) is 0 Å². The van der Waals surface area contributed by atoms with Gasteiger partial charge in [-0.05, 0) is 36.6 Å². The Bertz CT molecular complexity index is 810. The zero-order chi connectivity index (χ0) is 20.9. The number of alkyl halides is 3. The first-order valence-electron chi connectivity index (χ1n) is 10.0. The van der Waals surface area contributed by atoms with Crippen molar-refractivity contribution in [3.05, 3.63) is 42.5 Å². The number of benzene rings is 2. The van der Waals surface area contributed by atoms with E-state index in [2.05, 4.69) is 42.5 Å². The van der Waals surface area contributed by atoms with Gasteiger partial charge in [-0.15, -0.1) is 0 Å². The lowest BCUT2D eigenvalue weighted by Crippen LogP contribution is -2.58. The number of rotatable bonds is 5. The van der Waals surface area contributed by atoms with Gasteiger partial charge in [-0.1, -0.05) is 36.4 Å². The Labute approximate surface area is 168 Å². The number of ether oxygens (including phenoxy) is 1. The van der Waals surface area contributed by atoms with Crippen LogP contribution in [-0.2, 0) is 4.79 Å². The number of aliphatic carboxylic acids is 1. The first-order chi connectivity index (χ1) is 13.8. The second-order valence-electron chi connectivity index (χ2n) is 7.93. The highest BCUT2D eigenvalue weighted by atomic mass is 19.4. The molecule has 3 heterocycles. The van der Waals surface area contributed by atoms with Crippen molar-refractivity contribution in [2.75, 3.05) is 32.8 Å². The fourth-order valence-electron chi connectivity index (χ4n) is 4.38. The van der Waals surface area contributed by atoms with Crippen molar-refractivity contribution in [3.8, 4) is 5.75 Å². The largest absolute Gasteiger partial charge is 0.542 e. The third-order valence-corrected chi connectivity index (χ3v) is 6.05. The summed E-state index contributed by atoms with van der Waals surface area (Å²) in [6, 6.07) is 14.8. The van der Waals surface area contributed by atoms with Crippen molar-refractivity contribution >= 4 is 16.7 Å². The quantitative estimate of drug-likeness (QED) is 0.561. The molecular formula is C22H26F3NO3. The summed E-state index contributed by atoms with van der Waals surface area (Å²) in [5.74, 6) is -0.921. The fraction of sp³-hybridized carbons (Fsp3) is 0.500. The molecule has 3 aliphatic heterocycles. The molecule has 0 amide bonds. The molecule has 0 unspecified atom stereocenters. The summed E-state index contributed by atoms with van der Waals surface area (Å²) in [6.45, 7) is 6.39. The summed E-state index contributed by atoms with van der Waals surface area (Å²) in [5, 5.41) is 11.3. The van der Waals surface area contributed by atoms with Gasteiger partial charge < -0.3 is 19.1 Å². The number of carbonyl (C=O) groups excluding carboxylic acids is 1. The predicted molar refractivity (Wildman–Crippen MR) is 102 cm³/mol. The number of quaternary nitrogens is 1. The van der Waals surface area contributed by atoms with Crippen molar-refractivity contribution in [2.45, 2.75) is 31.9 Å². The number of halogens is 3. The van der Waals surface area contributed by atoms with E-state index in [4.69, 9.17) is 14.6 Å². The van der Waals surface area contributed by atoms with Crippen LogP contribution in [0.1, 0.15) is 25.7 Å². The van der Waals surface area contributed by atoms with E-state index in [0.29, 0.717) is 0 Å². The molecular weight excluding hydrogens is 383 g/mol. The highest BCUT2D eigenvalue weighted by Gasteiger charge is 2.38. The van der Waals surface area contributed by atoms with E-state index in [1.54, 1.807) is 0 Å². The van der Waals surface area contributed by atoms with Crippen LogP contribution in [0.4, 0.5) is 13.2 Å². The molecule has 3 fully saturated rings. The van der Waals surface area contributed by atoms with Crippen molar-refractivity contribution in [1.82, 2.24) is 0 Å². The molecule has 0 aromatic heterocycles. The Hall–Kier alpha value is -2.28. The van der Waals surface area contributed by atoms with Crippen LogP contribution < -0.4 is 9.84 Å². The molecule has 5 rings (SSSR count). The average Bonchev–Trinajstić information content (AvgIpc) is 2.72. The van der Waals surface area contributed by atoms with Gasteiger partial charge in [0.25, 0.3) is 0 Å². The van der Waals surface area contributed by atoms with Gasteiger partial charge >= 0.3 is 6.18 Å². The third-order valence-electron chi connectivity index (χ3n) is 6.05. The Kier molecular flexibility index (Phi) is 6.67. The molecule has 158 valence electrons. The molecule has 3 saturated heterocycles. The van der Waals surface area contributed by atoms with Gasteiger partial charge in [0.05, 0.1) is 32.8 Å². The minimum absolute atomic E-state index is 0.845. The lowest BCUT2D eigenvalue weighted by Gasteiger charge is -2.49. The zero-order valence-electron chi connectivity index (χ0n) is 16.3. The van der Waals surface area contributed by atoms with Crippen LogP contribution >= 0.6 is 0 Å². The molecule has 0 atom stereocenters. The molecule has 3 aliphatic rings. The summed E-state index contributed by atoms with van der Waals surface area (Å²) < 4.78 is 39.0. The number of nitrogens with zero attached hydrogens (tertiary/aromatic N) is 1. The summed E-state index contributed by atoms with van der Waals surface area (Å²) in [4.78, 5) is 8.78.